The van der Waals surface area contributed by atoms with Gasteiger partial charge in [0.05, 0.1) is 0 Å². The van der Waals surface area contributed by atoms with Crippen LogP contribution in [0, 0.1) is 5.41 Å². The van der Waals surface area contributed by atoms with Crippen LogP contribution in [0.5, 0.6) is 0 Å². The number of hydrogen-bond donors (Lipinski definition) is 0. The Hall–Kier alpha value is -0.990. The van der Waals surface area contributed by atoms with Crippen molar-refractivity contribution >= 4 is 6.09 Å². The maximum Gasteiger partial charge on any atom is 0.410 e. The number of likely N-dealkylation sites (tertiary alicyclic amines) is 1. The SMILES string of the molecule is C=CCC1CC(C)(C)CN1C(=O)OC(C)(C)C. The maximum atomic E-state index is 12.1. The number of carbonyl (C=O) groups excluding carboxylic acids is 1. The highest BCUT2D eigenvalue weighted by Crippen LogP contribution is 2.36. The van der Waals surface area contributed by atoms with E-state index < -0.39 is 5.60 Å². The molecular weight excluding hydrogens is 214 g/mol. The summed E-state index contributed by atoms with van der Waals surface area (Å²) in [6.07, 6.45) is 3.53. The third-order valence-corrected chi connectivity index (χ3v) is 2.89. The number of rotatable bonds is 2. The molecule has 0 aromatic carbocycles. The van der Waals surface area contributed by atoms with Crippen molar-refractivity contribution in [3.63, 3.8) is 0 Å². The summed E-state index contributed by atoms with van der Waals surface area (Å²) in [6.45, 7) is 14.6. The fourth-order valence-electron chi connectivity index (χ4n) is 2.34. The third-order valence-electron chi connectivity index (χ3n) is 2.89. The number of nitrogens with zero attached hydrogens (tertiary/aromatic N) is 1. The van der Waals surface area contributed by atoms with Crippen LogP contribution in [0.1, 0.15) is 47.5 Å². The summed E-state index contributed by atoms with van der Waals surface area (Å²) in [4.78, 5) is 14.0. The first-order chi connectivity index (χ1) is 7.64. The summed E-state index contributed by atoms with van der Waals surface area (Å²) < 4.78 is 5.44. The Morgan fingerprint density at radius 1 is 1.53 bits per heavy atom. The molecule has 0 bridgehead atoms. The zero-order valence-electron chi connectivity index (χ0n) is 11.7. The predicted octanol–water partition coefficient (Wildman–Crippen LogP) is 3.60. The summed E-state index contributed by atoms with van der Waals surface area (Å²) in [5.41, 5.74) is -0.257. The lowest BCUT2D eigenvalue weighted by Crippen LogP contribution is -2.40. The van der Waals surface area contributed by atoms with Crippen molar-refractivity contribution in [1.29, 1.82) is 0 Å². The lowest BCUT2D eigenvalue weighted by molar-refractivity contribution is 0.0216. The van der Waals surface area contributed by atoms with E-state index in [2.05, 4.69) is 20.4 Å². The fourth-order valence-corrected chi connectivity index (χ4v) is 2.34. The minimum atomic E-state index is -0.428. The summed E-state index contributed by atoms with van der Waals surface area (Å²) >= 11 is 0. The van der Waals surface area contributed by atoms with Gasteiger partial charge in [-0.05, 0) is 39.0 Å². The largest absolute Gasteiger partial charge is 0.444 e. The molecule has 0 N–H and O–H groups in total. The van der Waals surface area contributed by atoms with Gasteiger partial charge >= 0.3 is 6.09 Å². The molecule has 0 aromatic heterocycles. The quantitative estimate of drug-likeness (QED) is 0.689. The molecule has 1 aliphatic rings. The number of carbonyl (C=O) groups is 1. The van der Waals surface area contributed by atoms with E-state index in [1.807, 2.05) is 31.7 Å². The van der Waals surface area contributed by atoms with Crippen LogP contribution in [0.3, 0.4) is 0 Å². The summed E-state index contributed by atoms with van der Waals surface area (Å²) in [5.74, 6) is 0. The van der Waals surface area contributed by atoms with E-state index in [1.54, 1.807) is 0 Å². The average Bonchev–Trinajstić information content (AvgIpc) is 2.39. The first-order valence-electron chi connectivity index (χ1n) is 6.25. The normalized spacial score (nSPS) is 23.6. The zero-order valence-corrected chi connectivity index (χ0v) is 11.7. The summed E-state index contributed by atoms with van der Waals surface area (Å²) in [6, 6.07) is 0.234. The molecule has 1 saturated heterocycles. The average molecular weight is 239 g/mol. The molecule has 3 heteroatoms. The molecule has 0 saturated carbocycles. The van der Waals surface area contributed by atoms with Gasteiger partial charge in [-0.15, -0.1) is 6.58 Å². The van der Waals surface area contributed by atoms with Crippen LogP contribution in [-0.2, 0) is 4.74 Å². The van der Waals surface area contributed by atoms with Crippen LogP contribution >= 0.6 is 0 Å². The molecule has 0 spiro atoms. The molecule has 1 atom stereocenters. The molecule has 1 aliphatic heterocycles. The van der Waals surface area contributed by atoms with E-state index >= 15 is 0 Å². The van der Waals surface area contributed by atoms with E-state index in [-0.39, 0.29) is 17.6 Å². The van der Waals surface area contributed by atoms with Crippen molar-refractivity contribution in [2.45, 2.75) is 59.1 Å². The molecule has 1 heterocycles. The summed E-state index contributed by atoms with van der Waals surface area (Å²) in [7, 11) is 0. The van der Waals surface area contributed by atoms with Crippen LogP contribution in [-0.4, -0.2) is 29.2 Å². The topological polar surface area (TPSA) is 29.5 Å². The Labute approximate surface area is 105 Å². The van der Waals surface area contributed by atoms with Gasteiger partial charge in [0, 0.05) is 12.6 Å². The molecule has 98 valence electrons. The number of amides is 1. The molecule has 3 nitrogen and oxygen atoms in total. The highest BCUT2D eigenvalue weighted by Gasteiger charge is 2.40. The first kappa shape index (κ1) is 14.1. The number of ether oxygens (including phenoxy) is 1. The molecular formula is C14H25NO2. The Morgan fingerprint density at radius 3 is 2.59 bits per heavy atom. The highest BCUT2D eigenvalue weighted by molar-refractivity contribution is 5.69. The van der Waals surface area contributed by atoms with Crippen molar-refractivity contribution in [2.24, 2.45) is 5.41 Å². The van der Waals surface area contributed by atoms with Gasteiger partial charge in [0.15, 0.2) is 0 Å². The summed E-state index contributed by atoms with van der Waals surface area (Å²) in [5, 5.41) is 0. The Balaban J connectivity index is 2.73. The van der Waals surface area contributed by atoms with Crippen molar-refractivity contribution in [3.05, 3.63) is 12.7 Å². The van der Waals surface area contributed by atoms with Crippen molar-refractivity contribution in [1.82, 2.24) is 4.90 Å². The molecule has 1 rings (SSSR count). The molecule has 1 unspecified atom stereocenters. The van der Waals surface area contributed by atoms with Gasteiger partial charge in [-0.1, -0.05) is 19.9 Å². The number of hydrogen-bond acceptors (Lipinski definition) is 2. The van der Waals surface area contributed by atoms with Gasteiger partial charge in [-0.3, -0.25) is 0 Å². The smallest absolute Gasteiger partial charge is 0.410 e. The molecule has 0 aliphatic carbocycles. The minimum absolute atomic E-state index is 0.171. The van der Waals surface area contributed by atoms with Gasteiger partial charge in [0.1, 0.15) is 5.60 Å². The molecule has 0 aromatic rings. The van der Waals surface area contributed by atoms with E-state index in [4.69, 9.17) is 4.74 Å². The fraction of sp³-hybridized carbons (Fsp3) is 0.786. The first-order valence-corrected chi connectivity index (χ1v) is 6.25. The van der Waals surface area contributed by atoms with E-state index in [1.165, 1.54) is 0 Å². The monoisotopic (exact) mass is 239 g/mol. The highest BCUT2D eigenvalue weighted by atomic mass is 16.6. The lowest BCUT2D eigenvalue weighted by Gasteiger charge is -2.28. The van der Waals surface area contributed by atoms with Gasteiger partial charge < -0.3 is 9.64 Å². The predicted molar refractivity (Wildman–Crippen MR) is 69.9 cm³/mol. The van der Waals surface area contributed by atoms with Gasteiger partial charge in [0.2, 0.25) is 0 Å². The third kappa shape index (κ3) is 4.06. The van der Waals surface area contributed by atoms with Crippen LogP contribution in [0.2, 0.25) is 0 Å². The molecule has 1 fully saturated rings. The molecule has 17 heavy (non-hydrogen) atoms. The van der Waals surface area contributed by atoms with Crippen LogP contribution in [0.25, 0.3) is 0 Å². The van der Waals surface area contributed by atoms with Crippen molar-refractivity contribution < 1.29 is 9.53 Å². The molecule has 1 amide bonds. The second-order valence-electron chi connectivity index (χ2n) is 6.65. The van der Waals surface area contributed by atoms with Gasteiger partial charge in [0.25, 0.3) is 0 Å². The minimum Gasteiger partial charge on any atom is -0.444 e. The van der Waals surface area contributed by atoms with Crippen molar-refractivity contribution in [3.8, 4) is 0 Å². The van der Waals surface area contributed by atoms with Crippen LogP contribution < -0.4 is 0 Å². The standard InChI is InChI=1S/C14H25NO2/c1-7-8-11-9-14(5,6)10-15(11)12(16)17-13(2,3)4/h7,11H,1,8-10H2,2-6H3. The van der Waals surface area contributed by atoms with Gasteiger partial charge in [-0.2, -0.15) is 0 Å². The van der Waals surface area contributed by atoms with Gasteiger partial charge in [-0.25, -0.2) is 4.79 Å². The Bertz CT molecular complexity index is 302. The van der Waals surface area contributed by atoms with E-state index in [9.17, 15) is 4.79 Å². The second kappa shape index (κ2) is 4.71. The van der Waals surface area contributed by atoms with Crippen LogP contribution in [0.4, 0.5) is 4.79 Å². The van der Waals surface area contributed by atoms with Crippen LogP contribution in [0.15, 0.2) is 12.7 Å². The second-order valence-corrected chi connectivity index (χ2v) is 6.65. The van der Waals surface area contributed by atoms with E-state index in [0.717, 1.165) is 19.4 Å². The zero-order chi connectivity index (χ0) is 13.3. The Morgan fingerprint density at radius 2 is 2.12 bits per heavy atom. The Kier molecular flexibility index (Phi) is 3.90. The molecule has 0 radical (unpaired) electrons. The maximum absolute atomic E-state index is 12.1. The van der Waals surface area contributed by atoms with E-state index in [0.29, 0.717) is 0 Å². The van der Waals surface area contributed by atoms with Crippen molar-refractivity contribution in [2.75, 3.05) is 6.54 Å². The lowest BCUT2D eigenvalue weighted by atomic mass is 9.90.